The quantitative estimate of drug-likeness (QED) is 0.812. The van der Waals surface area contributed by atoms with Crippen molar-refractivity contribution < 1.29 is 0 Å². The van der Waals surface area contributed by atoms with Crippen LogP contribution in [0.4, 0.5) is 0 Å². The maximum Gasteiger partial charge on any atom is 0.0991 e. The van der Waals surface area contributed by atoms with E-state index in [-0.39, 0.29) is 0 Å². The summed E-state index contributed by atoms with van der Waals surface area (Å²) in [5.74, 6) is 1.63. The van der Waals surface area contributed by atoms with Gasteiger partial charge in [0.1, 0.15) is 0 Å². The molecule has 1 aromatic carbocycles. The van der Waals surface area contributed by atoms with Gasteiger partial charge in [0, 0.05) is 13.1 Å². The Bertz CT molecular complexity index is 414. The Kier molecular flexibility index (Phi) is 4.38. The van der Waals surface area contributed by atoms with E-state index in [1.807, 2.05) is 12.1 Å². The number of piperidine rings is 1. The minimum absolute atomic E-state index is 0.748. The van der Waals surface area contributed by atoms with E-state index >= 15 is 0 Å². The van der Waals surface area contributed by atoms with Crippen molar-refractivity contribution in [2.24, 2.45) is 11.8 Å². The molecule has 1 aliphatic heterocycles. The fraction of sp³-hybridized carbons (Fsp3) is 0.562. The normalized spacial score (nSPS) is 20.9. The maximum absolute atomic E-state index is 8.79. The Hall–Kier alpha value is -1.33. The van der Waals surface area contributed by atoms with Gasteiger partial charge in [-0.3, -0.25) is 4.90 Å². The topological polar surface area (TPSA) is 27.0 Å². The van der Waals surface area contributed by atoms with Gasteiger partial charge in [0.25, 0.3) is 0 Å². The predicted molar refractivity (Wildman–Crippen MR) is 74.0 cm³/mol. The van der Waals surface area contributed by atoms with E-state index in [9.17, 15) is 0 Å². The average Bonchev–Trinajstić information content (AvgIpc) is 2.40. The Morgan fingerprint density at radius 2 is 2.06 bits per heavy atom. The number of hydrogen-bond acceptors (Lipinski definition) is 2. The van der Waals surface area contributed by atoms with E-state index in [4.69, 9.17) is 5.26 Å². The zero-order valence-electron chi connectivity index (χ0n) is 11.4. The second kappa shape index (κ2) is 6.02. The van der Waals surface area contributed by atoms with Crippen molar-refractivity contribution in [3.8, 4) is 6.07 Å². The minimum Gasteiger partial charge on any atom is -0.299 e. The lowest BCUT2D eigenvalue weighted by molar-refractivity contribution is 0.139. The molecule has 2 heteroatoms. The predicted octanol–water partition coefficient (Wildman–Crippen LogP) is 3.43. The zero-order chi connectivity index (χ0) is 13.0. The van der Waals surface area contributed by atoms with Gasteiger partial charge in [-0.05, 0) is 48.9 Å². The maximum atomic E-state index is 8.79. The summed E-state index contributed by atoms with van der Waals surface area (Å²) in [6.07, 6.45) is 2.70. The van der Waals surface area contributed by atoms with Gasteiger partial charge in [0.05, 0.1) is 11.6 Å². The van der Waals surface area contributed by atoms with E-state index in [1.54, 1.807) is 0 Å². The van der Waals surface area contributed by atoms with E-state index in [2.05, 4.69) is 36.9 Å². The summed E-state index contributed by atoms with van der Waals surface area (Å²) in [7, 11) is 0. The van der Waals surface area contributed by atoms with Crippen LogP contribution in [-0.2, 0) is 6.54 Å². The Labute approximate surface area is 110 Å². The van der Waals surface area contributed by atoms with Crippen LogP contribution in [0.15, 0.2) is 24.3 Å². The van der Waals surface area contributed by atoms with Crippen LogP contribution >= 0.6 is 0 Å². The van der Waals surface area contributed by atoms with Crippen molar-refractivity contribution in [3.05, 3.63) is 35.4 Å². The number of likely N-dealkylation sites (tertiary alicyclic amines) is 1. The number of nitriles is 1. The van der Waals surface area contributed by atoms with Gasteiger partial charge in [-0.15, -0.1) is 0 Å². The first-order chi connectivity index (χ1) is 8.69. The van der Waals surface area contributed by atoms with Crippen molar-refractivity contribution in [2.45, 2.75) is 33.2 Å². The lowest BCUT2D eigenvalue weighted by Gasteiger charge is -2.34. The standard InChI is InChI=1S/C16H22N2/c1-13(2)16-4-3-9-18(12-16)11-15-7-5-14(10-17)6-8-15/h5-8,13,16H,3-4,9,11-12H2,1-2H3. The van der Waals surface area contributed by atoms with Crippen molar-refractivity contribution in [1.82, 2.24) is 4.90 Å². The van der Waals surface area contributed by atoms with Crippen LogP contribution in [0.25, 0.3) is 0 Å². The molecule has 0 N–H and O–H groups in total. The third-order valence-corrected chi connectivity index (χ3v) is 3.97. The molecule has 2 rings (SSSR count). The van der Waals surface area contributed by atoms with Crippen molar-refractivity contribution in [3.63, 3.8) is 0 Å². The van der Waals surface area contributed by atoms with Crippen LogP contribution < -0.4 is 0 Å². The highest BCUT2D eigenvalue weighted by Gasteiger charge is 2.22. The molecule has 2 nitrogen and oxygen atoms in total. The Morgan fingerprint density at radius 1 is 1.33 bits per heavy atom. The summed E-state index contributed by atoms with van der Waals surface area (Å²) in [6.45, 7) is 8.11. The second-order valence-corrected chi connectivity index (χ2v) is 5.69. The van der Waals surface area contributed by atoms with Crippen LogP contribution in [0.5, 0.6) is 0 Å². The van der Waals surface area contributed by atoms with E-state index in [1.165, 1.54) is 31.5 Å². The lowest BCUT2D eigenvalue weighted by atomic mass is 9.88. The molecule has 0 aromatic heterocycles. The first-order valence-electron chi connectivity index (χ1n) is 6.90. The summed E-state index contributed by atoms with van der Waals surface area (Å²) in [6, 6.07) is 10.2. The van der Waals surface area contributed by atoms with Gasteiger partial charge in [-0.25, -0.2) is 0 Å². The van der Waals surface area contributed by atoms with Crippen LogP contribution in [0.2, 0.25) is 0 Å². The minimum atomic E-state index is 0.748. The molecule has 1 atom stereocenters. The SMILES string of the molecule is CC(C)C1CCCN(Cc2ccc(C#N)cc2)C1. The van der Waals surface area contributed by atoms with Crippen LogP contribution in [0.3, 0.4) is 0 Å². The fourth-order valence-electron chi connectivity index (χ4n) is 2.72. The van der Waals surface area contributed by atoms with Gasteiger partial charge >= 0.3 is 0 Å². The molecule has 0 amide bonds. The Morgan fingerprint density at radius 3 is 2.67 bits per heavy atom. The molecular weight excluding hydrogens is 220 g/mol. The van der Waals surface area contributed by atoms with Crippen LogP contribution in [0.1, 0.15) is 37.8 Å². The first kappa shape index (κ1) is 13.1. The van der Waals surface area contributed by atoms with Crippen molar-refractivity contribution in [1.29, 1.82) is 5.26 Å². The van der Waals surface area contributed by atoms with Crippen LogP contribution in [0, 0.1) is 23.2 Å². The molecule has 1 heterocycles. The lowest BCUT2D eigenvalue weighted by Crippen LogP contribution is -2.36. The monoisotopic (exact) mass is 242 g/mol. The summed E-state index contributed by atoms with van der Waals surface area (Å²) in [5.41, 5.74) is 2.07. The van der Waals surface area contributed by atoms with Gasteiger partial charge in [0.15, 0.2) is 0 Å². The number of rotatable bonds is 3. The number of nitrogens with zero attached hydrogens (tertiary/aromatic N) is 2. The molecule has 18 heavy (non-hydrogen) atoms. The van der Waals surface area contributed by atoms with Crippen LogP contribution in [-0.4, -0.2) is 18.0 Å². The van der Waals surface area contributed by atoms with E-state index < -0.39 is 0 Å². The molecule has 1 aromatic rings. The molecule has 0 saturated carbocycles. The number of benzene rings is 1. The molecule has 0 bridgehead atoms. The molecule has 1 unspecified atom stereocenters. The zero-order valence-corrected chi connectivity index (χ0v) is 11.4. The van der Waals surface area contributed by atoms with Crippen molar-refractivity contribution in [2.75, 3.05) is 13.1 Å². The highest BCUT2D eigenvalue weighted by Crippen LogP contribution is 2.24. The molecule has 96 valence electrons. The summed E-state index contributed by atoms with van der Waals surface area (Å²) >= 11 is 0. The van der Waals surface area contributed by atoms with Gasteiger partial charge in [0.2, 0.25) is 0 Å². The average molecular weight is 242 g/mol. The molecule has 1 aliphatic rings. The highest BCUT2D eigenvalue weighted by molar-refractivity contribution is 5.31. The third kappa shape index (κ3) is 3.34. The highest BCUT2D eigenvalue weighted by atomic mass is 15.1. The largest absolute Gasteiger partial charge is 0.299 e. The van der Waals surface area contributed by atoms with E-state index in [0.717, 1.165) is 23.9 Å². The molecule has 1 fully saturated rings. The summed E-state index contributed by atoms with van der Waals surface area (Å²) in [4.78, 5) is 2.55. The molecule has 1 saturated heterocycles. The van der Waals surface area contributed by atoms with Gasteiger partial charge in [-0.2, -0.15) is 5.26 Å². The van der Waals surface area contributed by atoms with Crippen molar-refractivity contribution >= 4 is 0 Å². The number of hydrogen-bond donors (Lipinski definition) is 0. The van der Waals surface area contributed by atoms with Gasteiger partial charge < -0.3 is 0 Å². The fourth-order valence-corrected chi connectivity index (χ4v) is 2.72. The summed E-state index contributed by atoms with van der Waals surface area (Å²) in [5, 5.41) is 8.79. The molecule has 0 spiro atoms. The third-order valence-electron chi connectivity index (χ3n) is 3.97. The molecular formula is C16H22N2. The smallest absolute Gasteiger partial charge is 0.0991 e. The first-order valence-corrected chi connectivity index (χ1v) is 6.90. The second-order valence-electron chi connectivity index (χ2n) is 5.69. The molecule has 0 aliphatic carbocycles. The molecule has 0 radical (unpaired) electrons. The Balaban J connectivity index is 1.94. The van der Waals surface area contributed by atoms with E-state index in [0.29, 0.717) is 0 Å². The van der Waals surface area contributed by atoms with Gasteiger partial charge in [-0.1, -0.05) is 26.0 Å². The summed E-state index contributed by atoms with van der Waals surface area (Å²) < 4.78 is 0.